The van der Waals surface area contributed by atoms with E-state index < -0.39 is 0 Å². The fraction of sp³-hybridized carbons (Fsp3) is 0.286. The first kappa shape index (κ1) is 13.1. The molecule has 5 nitrogen and oxygen atoms in total. The molecule has 0 aliphatic heterocycles. The van der Waals surface area contributed by atoms with Gasteiger partial charge in [-0.15, -0.1) is 0 Å². The summed E-state index contributed by atoms with van der Waals surface area (Å²) in [5.41, 5.74) is 9.05. The van der Waals surface area contributed by atoms with Crippen LogP contribution in [0.15, 0.2) is 18.2 Å². The van der Waals surface area contributed by atoms with Gasteiger partial charge < -0.3 is 10.5 Å². The molecule has 0 radical (unpaired) electrons. The van der Waals surface area contributed by atoms with Crippen LogP contribution in [0.1, 0.15) is 22.4 Å². The Kier molecular flexibility index (Phi) is 3.29. The molecule has 1 heterocycles. The average molecular weight is 258 g/mol. The van der Waals surface area contributed by atoms with Gasteiger partial charge in [-0.3, -0.25) is 5.41 Å². The van der Waals surface area contributed by atoms with Crippen molar-refractivity contribution in [3.63, 3.8) is 0 Å². The highest BCUT2D eigenvalue weighted by molar-refractivity contribution is 5.98. The van der Waals surface area contributed by atoms with Gasteiger partial charge in [-0.25, -0.2) is 4.68 Å². The molecule has 0 amide bonds. The van der Waals surface area contributed by atoms with Crippen LogP contribution < -0.4 is 10.5 Å². The number of amidine groups is 1. The number of rotatable bonds is 3. The molecule has 1 aromatic carbocycles. The second-order valence-electron chi connectivity index (χ2n) is 4.60. The van der Waals surface area contributed by atoms with Gasteiger partial charge in [0.2, 0.25) is 5.88 Å². The minimum Gasteiger partial charge on any atom is -0.438 e. The van der Waals surface area contributed by atoms with Gasteiger partial charge >= 0.3 is 0 Å². The lowest BCUT2D eigenvalue weighted by atomic mass is 10.1. The van der Waals surface area contributed by atoms with Crippen LogP contribution in [0.5, 0.6) is 11.6 Å². The molecule has 0 atom stereocenters. The molecular weight excluding hydrogens is 240 g/mol. The molecule has 100 valence electrons. The van der Waals surface area contributed by atoms with Gasteiger partial charge in [-0.2, -0.15) is 5.10 Å². The second kappa shape index (κ2) is 4.76. The van der Waals surface area contributed by atoms with Gasteiger partial charge in [0.1, 0.15) is 17.1 Å². The van der Waals surface area contributed by atoms with Crippen LogP contribution in [0.3, 0.4) is 0 Å². The lowest BCUT2D eigenvalue weighted by Gasteiger charge is -2.11. The van der Waals surface area contributed by atoms with Crippen LogP contribution in [-0.2, 0) is 7.05 Å². The van der Waals surface area contributed by atoms with Gasteiger partial charge in [-0.1, -0.05) is 12.1 Å². The summed E-state index contributed by atoms with van der Waals surface area (Å²) in [5.74, 6) is 1.22. The lowest BCUT2D eigenvalue weighted by molar-refractivity contribution is 0.426. The predicted molar refractivity (Wildman–Crippen MR) is 75.0 cm³/mol. The standard InChI is InChI=1S/C14H18N4O/c1-8-6-5-7-11(9(8)2)19-14-12(13(15)16)10(3)17-18(14)4/h5-7H,1-4H3,(H3,15,16). The Morgan fingerprint density at radius 1 is 1.32 bits per heavy atom. The molecule has 2 rings (SSSR count). The summed E-state index contributed by atoms with van der Waals surface area (Å²) < 4.78 is 7.52. The predicted octanol–water partition coefficient (Wildman–Crippen LogP) is 2.42. The van der Waals surface area contributed by atoms with Gasteiger partial charge in [0, 0.05) is 7.05 Å². The van der Waals surface area contributed by atoms with E-state index in [1.165, 1.54) is 0 Å². The molecule has 2 aromatic rings. The SMILES string of the molecule is Cc1cccc(Oc2c(C(=N)N)c(C)nn2C)c1C. The maximum absolute atomic E-state index is 7.64. The van der Waals surface area contributed by atoms with E-state index in [1.54, 1.807) is 11.7 Å². The van der Waals surface area contributed by atoms with E-state index in [0.29, 0.717) is 17.1 Å². The Labute approximate surface area is 112 Å². The van der Waals surface area contributed by atoms with Crippen molar-refractivity contribution >= 4 is 5.84 Å². The highest BCUT2D eigenvalue weighted by atomic mass is 16.5. The summed E-state index contributed by atoms with van der Waals surface area (Å²) in [7, 11) is 1.78. The van der Waals surface area contributed by atoms with Gasteiger partial charge in [0.15, 0.2) is 0 Å². The Bertz CT molecular complexity index is 643. The first-order chi connectivity index (χ1) is 8.91. The zero-order valence-electron chi connectivity index (χ0n) is 11.6. The van der Waals surface area contributed by atoms with Crippen molar-refractivity contribution in [3.8, 4) is 11.6 Å². The van der Waals surface area contributed by atoms with Gasteiger partial charge in [-0.05, 0) is 38.0 Å². The average Bonchev–Trinajstić information content (AvgIpc) is 2.60. The maximum Gasteiger partial charge on any atom is 0.228 e. The monoisotopic (exact) mass is 258 g/mol. The Hall–Kier alpha value is -2.30. The highest BCUT2D eigenvalue weighted by Crippen LogP contribution is 2.30. The zero-order valence-corrected chi connectivity index (χ0v) is 11.6. The molecule has 0 saturated heterocycles. The number of benzene rings is 1. The largest absolute Gasteiger partial charge is 0.438 e. The molecule has 1 aromatic heterocycles. The van der Waals surface area contributed by atoms with Crippen LogP contribution >= 0.6 is 0 Å². The molecule has 0 unspecified atom stereocenters. The molecule has 3 N–H and O–H groups in total. The number of nitrogens with one attached hydrogen (secondary N) is 1. The number of aromatic nitrogens is 2. The molecule has 5 heteroatoms. The lowest BCUT2D eigenvalue weighted by Crippen LogP contribution is -2.13. The Morgan fingerprint density at radius 3 is 2.63 bits per heavy atom. The molecule has 0 bridgehead atoms. The molecule has 0 aliphatic rings. The maximum atomic E-state index is 7.64. The third kappa shape index (κ3) is 2.31. The first-order valence-corrected chi connectivity index (χ1v) is 6.04. The number of nitrogen functional groups attached to an aromatic ring is 1. The number of hydrogen-bond donors (Lipinski definition) is 2. The van der Waals surface area contributed by atoms with E-state index in [-0.39, 0.29) is 5.84 Å². The summed E-state index contributed by atoms with van der Waals surface area (Å²) in [6.45, 7) is 5.84. The Balaban J connectivity index is 2.49. The van der Waals surface area contributed by atoms with Gasteiger partial charge in [0.25, 0.3) is 0 Å². The third-order valence-corrected chi connectivity index (χ3v) is 3.20. The molecule has 0 saturated carbocycles. The summed E-state index contributed by atoms with van der Waals surface area (Å²) >= 11 is 0. The quantitative estimate of drug-likeness (QED) is 0.655. The van der Waals surface area contributed by atoms with Crippen LogP contribution in [-0.4, -0.2) is 15.6 Å². The van der Waals surface area contributed by atoms with Crippen LogP contribution in [0.4, 0.5) is 0 Å². The number of aryl methyl sites for hydroxylation is 3. The molecule has 0 spiro atoms. The zero-order chi connectivity index (χ0) is 14.2. The summed E-state index contributed by atoms with van der Waals surface area (Å²) in [6.07, 6.45) is 0. The smallest absolute Gasteiger partial charge is 0.228 e. The van der Waals surface area contributed by atoms with E-state index in [4.69, 9.17) is 15.9 Å². The van der Waals surface area contributed by atoms with Crippen molar-refractivity contribution in [2.24, 2.45) is 12.8 Å². The fourth-order valence-corrected chi connectivity index (χ4v) is 2.00. The minimum atomic E-state index is -0.0362. The first-order valence-electron chi connectivity index (χ1n) is 6.04. The van der Waals surface area contributed by atoms with E-state index in [0.717, 1.165) is 16.9 Å². The van der Waals surface area contributed by atoms with Crippen molar-refractivity contribution in [1.29, 1.82) is 5.41 Å². The van der Waals surface area contributed by atoms with E-state index in [9.17, 15) is 0 Å². The van der Waals surface area contributed by atoms with Crippen molar-refractivity contribution in [1.82, 2.24) is 9.78 Å². The topological polar surface area (TPSA) is 76.9 Å². The number of nitrogens with zero attached hydrogens (tertiary/aromatic N) is 2. The fourth-order valence-electron chi connectivity index (χ4n) is 2.00. The van der Waals surface area contributed by atoms with Crippen molar-refractivity contribution < 1.29 is 4.74 Å². The van der Waals surface area contributed by atoms with Crippen molar-refractivity contribution in [2.75, 3.05) is 0 Å². The summed E-state index contributed by atoms with van der Waals surface area (Å²) in [6, 6.07) is 5.87. The van der Waals surface area contributed by atoms with Crippen LogP contribution in [0, 0.1) is 26.2 Å². The van der Waals surface area contributed by atoms with E-state index in [1.807, 2.05) is 39.0 Å². The van der Waals surface area contributed by atoms with Crippen LogP contribution in [0.2, 0.25) is 0 Å². The normalized spacial score (nSPS) is 10.5. The molecular formula is C14H18N4O. The van der Waals surface area contributed by atoms with Crippen molar-refractivity contribution in [3.05, 3.63) is 40.6 Å². The van der Waals surface area contributed by atoms with Crippen molar-refractivity contribution in [2.45, 2.75) is 20.8 Å². The molecule has 19 heavy (non-hydrogen) atoms. The number of nitrogens with two attached hydrogens (primary N) is 1. The number of hydrogen-bond acceptors (Lipinski definition) is 3. The minimum absolute atomic E-state index is 0.0362. The third-order valence-electron chi connectivity index (χ3n) is 3.20. The number of ether oxygens (including phenoxy) is 1. The second-order valence-corrected chi connectivity index (χ2v) is 4.60. The molecule has 0 fully saturated rings. The molecule has 0 aliphatic carbocycles. The van der Waals surface area contributed by atoms with Gasteiger partial charge in [0.05, 0.1) is 5.69 Å². The summed E-state index contributed by atoms with van der Waals surface area (Å²) in [5, 5.41) is 11.9. The Morgan fingerprint density at radius 2 is 2.00 bits per heavy atom. The van der Waals surface area contributed by atoms with E-state index in [2.05, 4.69) is 5.10 Å². The van der Waals surface area contributed by atoms with E-state index >= 15 is 0 Å². The van der Waals surface area contributed by atoms with Crippen LogP contribution in [0.25, 0.3) is 0 Å². The summed E-state index contributed by atoms with van der Waals surface area (Å²) in [4.78, 5) is 0. The highest BCUT2D eigenvalue weighted by Gasteiger charge is 2.18.